The number of rotatable bonds is 9. The molecule has 1 unspecified atom stereocenters. The molecule has 5 heteroatoms. The third-order valence-electron chi connectivity index (χ3n) is 4.56. The summed E-state index contributed by atoms with van der Waals surface area (Å²) < 4.78 is 16.8. The summed E-state index contributed by atoms with van der Waals surface area (Å²) in [6.45, 7) is 11.3. The normalized spacial score (nSPS) is 12.2. The maximum atomic E-state index is 12.4. The van der Waals surface area contributed by atoms with Crippen molar-refractivity contribution in [2.45, 2.75) is 59.1 Å². The van der Waals surface area contributed by atoms with E-state index < -0.39 is 6.10 Å². The summed E-state index contributed by atoms with van der Waals surface area (Å²) in [5, 5.41) is 2.91. The molecule has 0 radical (unpaired) electrons. The highest BCUT2D eigenvalue weighted by atomic mass is 16.5. The van der Waals surface area contributed by atoms with E-state index in [9.17, 15) is 4.79 Å². The van der Waals surface area contributed by atoms with Crippen molar-refractivity contribution in [3.63, 3.8) is 0 Å². The van der Waals surface area contributed by atoms with E-state index in [1.54, 1.807) is 14.0 Å². The molecule has 0 aliphatic rings. The monoisotopic (exact) mass is 399 g/mol. The number of nitrogens with one attached hydrogen (secondary N) is 1. The minimum absolute atomic E-state index is 0.0830. The van der Waals surface area contributed by atoms with E-state index in [-0.39, 0.29) is 11.3 Å². The van der Waals surface area contributed by atoms with Gasteiger partial charge in [-0.2, -0.15) is 0 Å². The number of benzene rings is 2. The fourth-order valence-corrected chi connectivity index (χ4v) is 2.78. The van der Waals surface area contributed by atoms with Crippen LogP contribution >= 0.6 is 0 Å². The van der Waals surface area contributed by atoms with Gasteiger partial charge in [0, 0.05) is 6.54 Å². The van der Waals surface area contributed by atoms with Crippen molar-refractivity contribution in [2.24, 2.45) is 0 Å². The molecule has 0 spiro atoms. The van der Waals surface area contributed by atoms with Gasteiger partial charge < -0.3 is 19.5 Å². The van der Waals surface area contributed by atoms with Crippen molar-refractivity contribution in [1.82, 2.24) is 5.32 Å². The molecule has 0 saturated heterocycles. The highest BCUT2D eigenvalue weighted by Crippen LogP contribution is 2.28. The minimum Gasteiger partial charge on any atom is -0.493 e. The van der Waals surface area contributed by atoms with Gasteiger partial charge in [-0.25, -0.2) is 0 Å². The van der Waals surface area contributed by atoms with Crippen LogP contribution in [-0.2, 0) is 16.8 Å². The second-order valence-corrected chi connectivity index (χ2v) is 8.09. The number of methoxy groups -OCH3 is 1. The lowest BCUT2D eigenvalue weighted by Crippen LogP contribution is -2.35. The van der Waals surface area contributed by atoms with E-state index in [4.69, 9.17) is 14.2 Å². The van der Waals surface area contributed by atoms with Crippen LogP contribution in [0.4, 0.5) is 0 Å². The quantitative estimate of drug-likeness (QED) is 0.654. The molecule has 0 bridgehead atoms. The molecule has 158 valence electrons. The molecule has 0 heterocycles. The van der Waals surface area contributed by atoms with Crippen molar-refractivity contribution in [3.05, 3.63) is 53.6 Å². The average Bonchev–Trinajstić information content (AvgIpc) is 2.70. The Bertz CT molecular complexity index is 794. The van der Waals surface area contributed by atoms with Crippen LogP contribution in [0.5, 0.6) is 17.2 Å². The molecule has 29 heavy (non-hydrogen) atoms. The van der Waals surface area contributed by atoms with E-state index >= 15 is 0 Å². The highest BCUT2D eigenvalue weighted by Gasteiger charge is 2.17. The van der Waals surface area contributed by atoms with Gasteiger partial charge in [0.1, 0.15) is 5.75 Å². The van der Waals surface area contributed by atoms with Gasteiger partial charge >= 0.3 is 0 Å². The van der Waals surface area contributed by atoms with Crippen LogP contribution in [0.3, 0.4) is 0 Å². The molecule has 0 aliphatic heterocycles. The lowest BCUT2D eigenvalue weighted by molar-refractivity contribution is -0.127. The topological polar surface area (TPSA) is 56.8 Å². The molecule has 0 aliphatic carbocycles. The third kappa shape index (κ3) is 6.70. The Hall–Kier alpha value is -2.69. The lowest BCUT2D eigenvalue weighted by atomic mass is 9.87. The van der Waals surface area contributed by atoms with Crippen LogP contribution in [-0.4, -0.2) is 25.7 Å². The molecule has 2 aromatic carbocycles. The van der Waals surface area contributed by atoms with Crippen LogP contribution < -0.4 is 19.5 Å². The fourth-order valence-electron chi connectivity index (χ4n) is 2.78. The first-order chi connectivity index (χ1) is 13.7. The second kappa shape index (κ2) is 10.2. The smallest absolute Gasteiger partial charge is 0.261 e. The molecule has 0 fully saturated rings. The van der Waals surface area contributed by atoms with E-state index in [2.05, 4.69) is 33.0 Å². The van der Waals surface area contributed by atoms with Gasteiger partial charge in [0.25, 0.3) is 5.91 Å². The number of hydrogen-bond acceptors (Lipinski definition) is 4. The lowest BCUT2D eigenvalue weighted by Gasteiger charge is -2.20. The summed E-state index contributed by atoms with van der Waals surface area (Å²) in [5.41, 5.74) is 2.24. The van der Waals surface area contributed by atoms with Gasteiger partial charge in [0.2, 0.25) is 0 Å². The molecule has 2 aromatic rings. The predicted octanol–water partition coefficient (Wildman–Crippen LogP) is 4.87. The van der Waals surface area contributed by atoms with Crippen LogP contribution in [0.25, 0.3) is 0 Å². The SMILES string of the molecule is CCCOc1ccc(CNC(=O)C(C)Oc2ccc(C(C)(C)C)cc2)cc1OC. The zero-order valence-electron chi connectivity index (χ0n) is 18.4. The van der Waals surface area contributed by atoms with E-state index in [1.165, 1.54) is 5.56 Å². The Balaban J connectivity index is 1.91. The maximum Gasteiger partial charge on any atom is 0.261 e. The summed E-state index contributed by atoms with van der Waals surface area (Å²) in [7, 11) is 1.61. The summed E-state index contributed by atoms with van der Waals surface area (Å²) >= 11 is 0. The molecular formula is C24H33NO4. The minimum atomic E-state index is -0.593. The molecule has 1 atom stereocenters. The van der Waals surface area contributed by atoms with E-state index in [1.807, 2.05) is 42.5 Å². The number of ether oxygens (including phenoxy) is 3. The third-order valence-corrected chi connectivity index (χ3v) is 4.56. The molecule has 0 saturated carbocycles. The first kappa shape index (κ1) is 22.6. The van der Waals surface area contributed by atoms with Gasteiger partial charge in [-0.1, -0.05) is 45.9 Å². The Morgan fingerprint density at radius 3 is 2.34 bits per heavy atom. The first-order valence-corrected chi connectivity index (χ1v) is 10.1. The zero-order chi connectivity index (χ0) is 21.4. The van der Waals surface area contributed by atoms with Crippen molar-refractivity contribution in [3.8, 4) is 17.2 Å². The molecule has 0 aromatic heterocycles. The van der Waals surface area contributed by atoms with Crippen molar-refractivity contribution < 1.29 is 19.0 Å². The summed E-state index contributed by atoms with van der Waals surface area (Å²) in [4.78, 5) is 12.4. The molecule has 2 rings (SSSR count). The van der Waals surface area contributed by atoms with Crippen LogP contribution in [0.2, 0.25) is 0 Å². The summed E-state index contributed by atoms with van der Waals surface area (Å²) in [5.74, 6) is 1.88. The van der Waals surface area contributed by atoms with Crippen molar-refractivity contribution in [2.75, 3.05) is 13.7 Å². The summed E-state index contributed by atoms with van der Waals surface area (Å²) in [6, 6.07) is 13.6. The highest BCUT2D eigenvalue weighted by molar-refractivity contribution is 5.80. The number of carbonyl (C=O) groups excluding carboxylic acids is 1. The van der Waals surface area contributed by atoms with Crippen LogP contribution in [0.15, 0.2) is 42.5 Å². The Morgan fingerprint density at radius 1 is 1.07 bits per heavy atom. The van der Waals surface area contributed by atoms with Crippen LogP contribution in [0.1, 0.15) is 52.2 Å². The number of carbonyl (C=O) groups is 1. The zero-order valence-corrected chi connectivity index (χ0v) is 18.4. The molecule has 1 amide bonds. The molecule has 5 nitrogen and oxygen atoms in total. The first-order valence-electron chi connectivity index (χ1n) is 10.1. The Labute approximate surface area is 174 Å². The summed E-state index contributed by atoms with van der Waals surface area (Å²) in [6.07, 6.45) is 0.335. The molecular weight excluding hydrogens is 366 g/mol. The number of amides is 1. The Kier molecular flexibility index (Phi) is 7.94. The predicted molar refractivity (Wildman–Crippen MR) is 116 cm³/mol. The maximum absolute atomic E-state index is 12.4. The van der Waals surface area contributed by atoms with Crippen molar-refractivity contribution in [1.29, 1.82) is 0 Å². The average molecular weight is 400 g/mol. The Morgan fingerprint density at radius 2 is 1.76 bits per heavy atom. The van der Waals surface area contributed by atoms with Gasteiger partial charge in [-0.3, -0.25) is 4.79 Å². The number of hydrogen-bond donors (Lipinski definition) is 1. The standard InChI is InChI=1S/C24H33NO4/c1-7-14-28-21-13-8-18(15-22(21)27-6)16-25-23(26)17(2)29-20-11-9-19(10-12-20)24(3,4)5/h8-13,15,17H,7,14,16H2,1-6H3,(H,25,26). The van der Waals surface area contributed by atoms with Gasteiger partial charge in [-0.05, 0) is 54.2 Å². The molecule has 1 N–H and O–H groups in total. The van der Waals surface area contributed by atoms with Crippen LogP contribution in [0, 0.1) is 0 Å². The van der Waals surface area contributed by atoms with Gasteiger partial charge in [-0.15, -0.1) is 0 Å². The fraction of sp³-hybridized carbons (Fsp3) is 0.458. The van der Waals surface area contributed by atoms with Gasteiger partial charge in [0.05, 0.1) is 13.7 Å². The van der Waals surface area contributed by atoms with Gasteiger partial charge in [0.15, 0.2) is 17.6 Å². The van der Waals surface area contributed by atoms with Crippen molar-refractivity contribution >= 4 is 5.91 Å². The van der Waals surface area contributed by atoms with E-state index in [0.717, 1.165) is 12.0 Å². The second-order valence-electron chi connectivity index (χ2n) is 8.09. The van der Waals surface area contributed by atoms with E-state index in [0.29, 0.717) is 30.4 Å². The largest absolute Gasteiger partial charge is 0.493 e.